The van der Waals surface area contributed by atoms with E-state index in [0.717, 1.165) is 5.82 Å². The van der Waals surface area contributed by atoms with Gasteiger partial charge in [-0.05, 0) is 0 Å². The highest BCUT2D eigenvalue weighted by molar-refractivity contribution is 6.33. The molecule has 0 radical (unpaired) electrons. The molecule has 21 heavy (non-hydrogen) atoms. The van der Waals surface area contributed by atoms with Gasteiger partial charge in [-0.25, -0.2) is 15.0 Å². The zero-order chi connectivity index (χ0) is 15.4. The Balaban J connectivity index is 2.00. The van der Waals surface area contributed by atoms with Crippen molar-refractivity contribution in [1.82, 2.24) is 24.8 Å². The number of hydrogen-bond acceptors (Lipinski definition) is 4. The first-order valence-corrected chi connectivity index (χ1v) is 7.13. The van der Waals surface area contributed by atoms with Gasteiger partial charge < -0.3 is 9.88 Å². The Morgan fingerprint density at radius 2 is 2.19 bits per heavy atom. The molecule has 1 amide bonds. The van der Waals surface area contributed by atoms with E-state index < -0.39 is 0 Å². The second kappa shape index (κ2) is 6.67. The Morgan fingerprint density at radius 3 is 2.81 bits per heavy atom. The van der Waals surface area contributed by atoms with Gasteiger partial charge in [0.15, 0.2) is 0 Å². The summed E-state index contributed by atoms with van der Waals surface area (Å²) in [6, 6.07) is 0. The lowest BCUT2D eigenvalue weighted by Gasteiger charge is -2.09. The molecule has 0 unspecified atom stereocenters. The molecule has 0 aliphatic heterocycles. The summed E-state index contributed by atoms with van der Waals surface area (Å²) in [5.41, 5.74) is 0.218. The molecule has 7 heteroatoms. The van der Waals surface area contributed by atoms with Crippen LogP contribution in [0.2, 0.25) is 5.02 Å². The molecule has 0 aromatic carbocycles. The van der Waals surface area contributed by atoms with Crippen LogP contribution in [0, 0.1) is 0 Å². The van der Waals surface area contributed by atoms with Gasteiger partial charge >= 0.3 is 0 Å². The number of amides is 1. The number of hydrogen-bond donors (Lipinski definition) is 1. The highest BCUT2D eigenvalue weighted by atomic mass is 35.5. The molecule has 0 saturated carbocycles. The number of carbonyl (C=O) groups is 1. The zero-order valence-corrected chi connectivity index (χ0v) is 13.1. The first-order chi connectivity index (χ1) is 9.99. The number of halogens is 1. The molecule has 0 bridgehead atoms. The number of rotatable bonds is 5. The van der Waals surface area contributed by atoms with Gasteiger partial charge in [0, 0.05) is 38.3 Å². The van der Waals surface area contributed by atoms with Crippen LogP contribution in [-0.4, -0.2) is 32.0 Å². The summed E-state index contributed by atoms with van der Waals surface area (Å²) in [6.07, 6.45) is 5.72. The molecule has 2 heterocycles. The number of nitrogens with one attached hydrogen (secondary N) is 1. The lowest BCUT2D eigenvalue weighted by atomic mass is 10.2. The van der Waals surface area contributed by atoms with Crippen LogP contribution >= 0.6 is 11.6 Å². The summed E-state index contributed by atoms with van der Waals surface area (Å²) in [5.74, 6) is 1.36. The predicted octanol–water partition coefficient (Wildman–Crippen LogP) is 1.96. The van der Waals surface area contributed by atoms with Crippen LogP contribution in [0.15, 0.2) is 18.6 Å². The summed E-state index contributed by atoms with van der Waals surface area (Å²) in [6.45, 7) is 4.40. The molecular formula is C14H18ClN5O. The number of aryl methyl sites for hydroxylation is 1. The Hall–Kier alpha value is -1.95. The predicted molar refractivity (Wildman–Crippen MR) is 80.4 cm³/mol. The molecule has 2 rings (SSSR count). The van der Waals surface area contributed by atoms with Crippen molar-refractivity contribution in [3.8, 4) is 0 Å². The minimum Gasteiger partial charge on any atom is -0.350 e. The highest BCUT2D eigenvalue weighted by Crippen LogP contribution is 2.16. The van der Waals surface area contributed by atoms with Gasteiger partial charge in [0.2, 0.25) is 0 Å². The summed E-state index contributed by atoms with van der Waals surface area (Å²) >= 11 is 6.00. The first-order valence-electron chi connectivity index (χ1n) is 6.76. The van der Waals surface area contributed by atoms with E-state index in [1.54, 1.807) is 6.20 Å². The van der Waals surface area contributed by atoms with Gasteiger partial charge in [0.05, 0.1) is 11.2 Å². The summed E-state index contributed by atoms with van der Waals surface area (Å²) in [4.78, 5) is 24.7. The monoisotopic (exact) mass is 307 g/mol. The molecule has 2 aromatic heterocycles. The summed E-state index contributed by atoms with van der Waals surface area (Å²) in [7, 11) is 1.92. The second-order valence-corrected chi connectivity index (χ2v) is 5.45. The quantitative estimate of drug-likeness (QED) is 0.916. The Bertz CT molecular complexity index is 638. The van der Waals surface area contributed by atoms with Crippen LogP contribution < -0.4 is 5.32 Å². The van der Waals surface area contributed by atoms with Crippen LogP contribution in [-0.2, 0) is 13.5 Å². The molecule has 0 fully saturated rings. The fourth-order valence-corrected chi connectivity index (χ4v) is 2.00. The van der Waals surface area contributed by atoms with E-state index in [1.807, 2.05) is 31.7 Å². The molecule has 2 aromatic rings. The van der Waals surface area contributed by atoms with Crippen molar-refractivity contribution < 1.29 is 4.79 Å². The zero-order valence-electron chi connectivity index (χ0n) is 12.3. The van der Waals surface area contributed by atoms with Gasteiger partial charge in [-0.15, -0.1) is 0 Å². The summed E-state index contributed by atoms with van der Waals surface area (Å²) < 4.78 is 1.92. The van der Waals surface area contributed by atoms with E-state index in [1.165, 1.54) is 6.20 Å². The largest absolute Gasteiger partial charge is 0.350 e. The van der Waals surface area contributed by atoms with Crippen LogP contribution in [0.4, 0.5) is 0 Å². The molecule has 0 aliphatic rings. The SMILES string of the molecule is CC(C)c1ncc(Cl)c(C(=O)NCCc2nccn2C)n1. The molecule has 112 valence electrons. The van der Waals surface area contributed by atoms with E-state index >= 15 is 0 Å². The number of aromatic nitrogens is 4. The molecule has 0 aliphatic carbocycles. The smallest absolute Gasteiger partial charge is 0.271 e. The van der Waals surface area contributed by atoms with E-state index in [9.17, 15) is 4.79 Å². The van der Waals surface area contributed by atoms with E-state index in [0.29, 0.717) is 18.8 Å². The van der Waals surface area contributed by atoms with Crippen molar-refractivity contribution in [3.63, 3.8) is 0 Å². The average molecular weight is 308 g/mol. The third kappa shape index (κ3) is 3.78. The van der Waals surface area contributed by atoms with Crippen molar-refractivity contribution in [2.24, 2.45) is 7.05 Å². The minimum atomic E-state index is -0.293. The van der Waals surface area contributed by atoms with Crippen LogP contribution in [0.1, 0.15) is 41.9 Å². The maximum atomic E-state index is 12.1. The van der Waals surface area contributed by atoms with Gasteiger partial charge in [-0.1, -0.05) is 25.4 Å². The summed E-state index contributed by atoms with van der Waals surface area (Å²) in [5, 5.41) is 3.06. The third-order valence-electron chi connectivity index (χ3n) is 3.05. The van der Waals surface area contributed by atoms with Crippen molar-refractivity contribution >= 4 is 17.5 Å². The van der Waals surface area contributed by atoms with Crippen molar-refractivity contribution in [3.05, 3.63) is 41.0 Å². The van der Waals surface area contributed by atoms with E-state index in [-0.39, 0.29) is 22.5 Å². The first kappa shape index (κ1) is 15.4. The molecule has 0 atom stereocenters. The van der Waals surface area contributed by atoms with Gasteiger partial charge in [-0.2, -0.15) is 0 Å². The van der Waals surface area contributed by atoms with E-state index in [2.05, 4.69) is 20.3 Å². The van der Waals surface area contributed by atoms with Crippen molar-refractivity contribution in [2.75, 3.05) is 6.54 Å². The topological polar surface area (TPSA) is 72.7 Å². The fraction of sp³-hybridized carbons (Fsp3) is 0.429. The number of imidazole rings is 1. The van der Waals surface area contributed by atoms with Gasteiger partial charge in [0.1, 0.15) is 17.3 Å². The molecule has 0 saturated heterocycles. The van der Waals surface area contributed by atoms with E-state index in [4.69, 9.17) is 11.6 Å². The Kier molecular flexibility index (Phi) is 4.90. The van der Waals surface area contributed by atoms with Crippen LogP contribution in [0.5, 0.6) is 0 Å². The highest BCUT2D eigenvalue weighted by Gasteiger charge is 2.15. The molecule has 6 nitrogen and oxygen atoms in total. The lowest BCUT2D eigenvalue weighted by molar-refractivity contribution is 0.0948. The number of nitrogens with zero attached hydrogens (tertiary/aromatic N) is 4. The van der Waals surface area contributed by atoms with Gasteiger partial charge in [0.25, 0.3) is 5.91 Å². The molecular weight excluding hydrogens is 290 g/mol. The third-order valence-corrected chi connectivity index (χ3v) is 3.33. The van der Waals surface area contributed by atoms with Gasteiger partial charge in [-0.3, -0.25) is 4.79 Å². The maximum absolute atomic E-state index is 12.1. The molecule has 0 spiro atoms. The minimum absolute atomic E-state index is 0.140. The fourth-order valence-electron chi connectivity index (χ4n) is 1.83. The normalized spacial score (nSPS) is 10.9. The number of carbonyl (C=O) groups excluding carboxylic acids is 1. The maximum Gasteiger partial charge on any atom is 0.271 e. The Morgan fingerprint density at radius 1 is 1.43 bits per heavy atom. The average Bonchev–Trinajstić information content (AvgIpc) is 2.84. The second-order valence-electron chi connectivity index (χ2n) is 5.04. The lowest BCUT2D eigenvalue weighted by Crippen LogP contribution is -2.28. The Labute approximate surface area is 128 Å². The van der Waals surface area contributed by atoms with Crippen LogP contribution in [0.3, 0.4) is 0 Å². The van der Waals surface area contributed by atoms with Crippen molar-refractivity contribution in [2.45, 2.75) is 26.2 Å². The standard InChI is InChI=1S/C14H18ClN5O/c1-9(2)13-18-8-10(15)12(19-13)14(21)17-5-4-11-16-6-7-20(11)3/h6-9H,4-5H2,1-3H3,(H,17,21). The van der Waals surface area contributed by atoms with Crippen molar-refractivity contribution in [1.29, 1.82) is 0 Å². The van der Waals surface area contributed by atoms with Crippen LogP contribution in [0.25, 0.3) is 0 Å². The molecule has 1 N–H and O–H groups in total.